The van der Waals surface area contributed by atoms with Gasteiger partial charge in [-0.05, 0) is 24.1 Å². The summed E-state index contributed by atoms with van der Waals surface area (Å²) in [6, 6.07) is 4.16. The summed E-state index contributed by atoms with van der Waals surface area (Å²) in [4.78, 5) is 23.4. The molecule has 3 N–H and O–H groups in total. The van der Waals surface area contributed by atoms with E-state index in [1.807, 2.05) is 0 Å². The van der Waals surface area contributed by atoms with E-state index < -0.39 is 17.9 Å². The Labute approximate surface area is 120 Å². The second-order valence-electron chi connectivity index (χ2n) is 4.15. The molecule has 0 bridgehead atoms. The zero-order valence-corrected chi connectivity index (χ0v) is 11.8. The van der Waals surface area contributed by atoms with Crippen molar-refractivity contribution < 1.29 is 14.7 Å². The number of nitrogens with zero attached hydrogens (tertiary/aromatic N) is 1. The lowest BCUT2D eigenvalue weighted by molar-refractivity contribution is -0.143. The van der Waals surface area contributed by atoms with E-state index in [1.165, 1.54) is 7.05 Å². The van der Waals surface area contributed by atoms with Gasteiger partial charge in [0.15, 0.2) is 0 Å². The minimum absolute atomic E-state index is 0.264. The van der Waals surface area contributed by atoms with Crippen LogP contribution in [0.1, 0.15) is 5.56 Å². The maximum atomic E-state index is 11.8. The number of rotatable bonds is 5. The summed E-state index contributed by atoms with van der Waals surface area (Å²) in [6.07, 6.45) is 0.264. The first-order valence-corrected chi connectivity index (χ1v) is 6.23. The maximum absolute atomic E-state index is 11.8. The number of carboxylic acid groups (broad SMARTS) is 1. The molecule has 0 aliphatic carbocycles. The molecule has 0 saturated carbocycles. The molecular formula is C12H14Cl2N2O3. The normalized spacial score (nSPS) is 12.0. The highest BCUT2D eigenvalue weighted by molar-refractivity contribution is 6.42. The number of carboxylic acids is 1. The first-order chi connectivity index (χ1) is 8.81. The van der Waals surface area contributed by atoms with Gasteiger partial charge in [0.25, 0.3) is 0 Å². The first kappa shape index (κ1) is 15.8. The average Bonchev–Trinajstić information content (AvgIpc) is 2.32. The highest BCUT2D eigenvalue weighted by atomic mass is 35.5. The third-order valence-electron chi connectivity index (χ3n) is 2.51. The molecule has 1 aromatic carbocycles. The van der Waals surface area contributed by atoms with Crippen LogP contribution in [0.3, 0.4) is 0 Å². The van der Waals surface area contributed by atoms with Crippen LogP contribution in [0.15, 0.2) is 18.2 Å². The Morgan fingerprint density at radius 2 is 2.00 bits per heavy atom. The van der Waals surface area contributed by atoms with Gasteiger partial charge in [-0.3, -0.25) is 9.59 Å². The fourth-order valence-corrected chi connectivity index (χ4v) is 1.89. The van der Waals surface area contributed by atoms with E-state index in [-0.39, 0.29) is 13.0 Å². The minimum Gasteiger partial charge on any atom is -0.480 e. The number of carbonyl (C=O) groups excluding carboxylic acids is 1. The van der Waals surface area contributed by atoms with E-state index in [0.717, 1.165) is 10.5 Å². The molecule has 1 atom stereocenters. The van der Waals surface area contributed by atoms with E-state index in [9.17, 15) is 9.59 Å². The Morgan fingerprint density at radius 3 is 2.53 bits per heavy atom. The Kier molecular flexibility index (Phi) is 5.60. The molecule has 19 heavy (non-hydrogen) atoms. The molecule has 1 rings (SSSR count). The van der Waals surface area contributed by atoms with Crippen molar-refractivity contribution in [2.75, 3.05) is 13.6 Å². The summed E-state index contributed by atoms with van der Waals surface area (Å²) < 4.78 is 0. The standard InChI is InChI=1S/C12H14Cl2N2O3/c1-16(6-11(17)18)12(19)10(15)5-7-2-3-8(13)9(14)4-7/h2-4,10H,5-6,15H2,1H3,(H,17,18)/t10-/m0/s1. The van der Waals surface area contributed by atoms with Gasteiger partial charge in [0.2, 0.25) is 5.91 Å². The third kappa shape index (κ3) is 4.70. The topological polar surface area (TPSA) is 83.6 Å². The van der Waals surface area contributed by atoms with Gasteiger partial charge in [-0.15, -0.1) is 0 Å². The number of hydrogen-bond acceptors (Lipinski definition) is 3. The average molecular weight is 305 g/mol. The zero-order valence-electron chi connectivity index (χ0n) is 10.3. The molecule has 0 aliphatic heterocycles. The highest BCUT2D eigenvalue weighted by Gasteiger charge is 2.20. The molecule has 5 nitrogen and oxygen atoms in total. The van der Waals surface area contributed by atoms with Crippen LogP contribution in [0.2, 0.25) is 10.0 Å². The summed E-state index contributed by atoms with van der Waals surface area (Å²) >= 11 is 11.6. The van der Waals surface area contributed by atoms with Crippen molar-refractivity contribution in [3.8, 4) is 0 Å². The minimum atomic E-state index is -1.09. The molecule has 0 saturated heterocycles. The monoisotopic (exact) mass is 304 g/mol. The van der Waals surface area contributed by atoms with Gasteiger partial charge in [0, 0.05) is 7.05 Å². The summed E-state index contributed by atoms with van der Waals surface area (Å²) in [6.45, 7) is -0.381. The van der Waals surface area contributed by atoms with Crippen molar-refractivity contribution in [3.05, 3.63) is 33.8 Å². The largest absolute Gasteiger partial charge is 0.480 e. The molecule has 104 valence electrons. The molecule has 7 heteroatoms. The lowest BCUT2D eigenvalue weighted by atomic mass is 10.1. The molecule has 0 aromatic heterocycles. The van der Waals surface area contributed by atoms with Crippen LogP contribution in [0.5, 0.6) is 0 Å². The molecule has 0 radical (unpaired) electrons. The van der Waals surface area contributed by atoms with Crippen LogP contribution in [0.4, 0.5) is 0 Å². The maximum Gasteiger partial charge on any atom is 0.323 e. The second kappa shape index (κ2) is 6.75. The molecule has 0 spiro atoms. The van der Waals surface area contributed by atoms with Crippen LogP contribution in [0.25, 0.3) is 0 Å². The van der Waals surface area contributed by atoms with Crippen LogP contribution >= 0.6 is 23.2 Å². The van der Waals surface area contributed by atoms with Crippen molar-refractivity contribution in [2.24, 2.45) is 5.73 Å². The number of carbonyl (C=O) groups is 2. The molecular weight excluding hydrogens is 291 g/mol. The van der Waals surface area contributed by atoms with Gasteiger partial charge in [-0.25, -0.2) is 0 Å². The van der Waals surface area contributed by atoms with Crippen molar-refractivity contribution >= 4 is 35.1 Å². The molecule has 1 aromatic rings. The summed E-state index contributed by atoms with van der Waals surface area (Å²) in [5.41, 5.74) is 6.52. The van der Waals surface area contributed by atoms with Gasteiger partial charge in [0.05, 0.1) is 16.1 Å². The number of benzene rings is 1. The van der Waals surface area contributed by atoms with Crippen molar-refractivity contribution in [3.63, 3.8) is 0 Å². The second-order valence-corrected chi connectivity index (χ2v) is 4.96. The number of hydrogen-bond donors (Lipinski definition) is 2. The van der Waals surface area contributed by atoms with Crippen LogP contribution in [-0.2, 0) is 16.0 Å². The lowest BCUT2D eigenvalue weighted by Gasteiger charge is -2.19. The van der Waals surface area contributed by atoms with E-state index in [0.29, 0.717) is 10.0 Å². The van der Waals surface area contributed by atoms with E-state index in [4.69, 9.17) is 34.0 Å². The quantitative estimate of drug-likeness (QED) is 0.861. The van der Waals surface area contributed by atoms with Gasteiger partial charge in [-0.1, -0.05) is 29.3 Å². The first-order valence-electron chi connectivity index (χ1n) is 5.47. The van der Waals surface area contributed by atoms with Crippen LogP contribution in [-0.4, -0.2) is 41.5 Å². The van der Waals surface area contributed by atoms with Crippen molar-refractivity contribution in [1.29, 1.82) is 0 Å². The highest BCUT2D eigenvalue weighted by Crippen LogP contribution is 2.23. The number of halogens is 2. The van der Waals surface area contributed by atoms with Crippen LogP contribution in [0, 0.1) is 0 Å². The molecule has 1 amide bonds. The number of aliphatic carboxylic acids is 1. The summed E-state index contributed by atoms with van der Waals surface area (Å²) in [7, 11) is 1.39. The van der Waals surface area contributed by atoms with E-state index >= 15 is 0 Å². The predicted octanol–water partition coefficient (Wildman–Crippen LogP) is 1.41. The van der Waals surface area contributed by atoms with E-state index in [1.54, 1.807) is 18.2 Å². The number of nitrogens with two attached hydrogens (primary N) is 1. The SMILES string of the molecule is CN(CC(=O)O)C(=O)[C@@H](N)Cc1ccc(Cl)c(Cl)c1. The van der Waals surface area contributed by atoms with Crippen molar-refractivity contribution in [1.82, 2.24) is 4.90 Å². The Bertz CT molecular complexity index is 494. The lowest BCUT2D eigenvalue weighted by Crippen LogP contribution is -2.44. The predicted molar refractivity (Wildman–Crippen MR) is 73.4 cm³/mol. The number of amides is 1. The number of likely N-dealkylation sites (N-methyl/N-ethyl adjacent to an activating group) is 1. The van der Waals surface area contributed by atoms with Gasteiger partial charge in [-0.2, -0.15) is 0 Å². The molecule has 0 aliphatic rings. The molecule has 0 unspecified atom stereocenters. The van der Waals surface area contributed by atoms with E-state index in [2.05, 4.69) is 0 Å². The Morgan fingerprint density at radius 1 is 1.37 bits per heavy atom. The molecule has 0 heterocycles. The Balaban J connectivity index is 2.68. The van der Waals surface area contributed by atoms with Crippen LogP contribution < -0.4 is 5.73 Å². The summed E-state index contributed by atoms with van der Waals surface area (Å²) in [5.74, 6) is -1.52. The van der Waals surface area contributed by atoms with Gasteiger partial charge in [0.1, 0.15) is 6.54 Å². The molecule has 0 fully saturated rings. The van der Waals surface area contributed by atoms with Crippen molar-refractivity contribution in [2.45, 2.75) is 12.5 Å². The Hall–Kier alpha value is -1.30. The zero-order chi connectivity index (χ0) is 14.6. The van der Waals surface area contributed by atoms with Gasteiger partial charge < -0.3 is 15.7 Å². The fourth-order valence-electron chi connectivity index (χ4n) is 1.57. The fraction of sp³-hybridized carbons (Fsp3) is 0.333. The summed E-state index contributed by atoms with van der Waals surface area (Å²) in [5, 5.41) is 9.42. The third-order valence-corrected chi connectivity index (χ3v) is 3.24. The smallest absolute Gasteiger partial charge is 0.323 e. The van der Waals surface area contributed by atoms with Gasteiger partial charge >= 0.3 is 5.97 Å².